The normalized spacial score (nSPS) is 9.83. The number of benzene rings is 2. The molecule has 0 bridgehead atoms. The van der Waals surface area contributed by atoms with Crippen LogP contribution in [-0.4, -0.2) is 0 Å². The van der Waals surface area contributed by atoms with Gasteiger partial charge in [0.1, 0.15) is 0 Å². The van der Waals surface area contributed by atoms with Crippen molar-refractivity contribution in [3.05, 3.63) is 50.6 Å². The van der Waals surface area contributed by atoms with Crippen LogP contribution in [0.25, 0.3) is 0 Å². The average molecular weight is 370 g/mol. The quantitative estimate of drug-likeness (QED) is 0.618. The zero-order valence-corrected chi connectivity index (χ0v) is 12.2. The Balaban J connectivity index is 2.37. The van der Waals surface area contributed by atoms with Crippen molar-refractivity contribution in [1.82, 2.24) is 0 Å². The van der Waals surface area contributed by atoms with Crippen molar-refractivity contribution in [2.75, 3.05) is 11.1 Å². The maximum Gasteiger partial charge on any atom is 0.0992 e. The molecule has 0 fully saturated rings. The number of hydrogen-bond donors (Lipinski definition) is 2. The van der Waals surface area contributed by atoms with Gasteiger partial charge in [-0.15, -0.1) is 0 Å². The Hall–Kier alpha value is -1.45. The van der Waals surface area contributed by atoms with Crippen LogP contribution in [0.3, 0.4) is 0 Å². The van der Waals surface area contributed by atoms with Crippen molar-refractivity contribution in [2.24, 2.45) is 0 Å². The van der Waals surface area contributed by atoms with Gasteiger partial charge in [-0.25, -0.2) is 0 Å². The molecule has 0 saturated carbocycles. The molecular formula is C13H9ClIN3. The topological polar surface area (TPSA) is 61.8 Å². The molecule has 0 aliphatic rings. The van der Waals surface area contributed by atoms with Gasteiger partial charge < -0.3 is 11.1 Å². The van der Waals surface area contributed by atoms with Crippen LogP contribution in [0.4, 0.5) is 17.1 Å². The van der Waals surface area contributed by atoms with Gasteiger partial charge in [-0.3, -0.25) is 0 Å². The van der Waals surface area contributed by atoms with Gasteiger partial charge in [0.15, 0.2) is 0 Å². The fourth-order valence-electron chi connectivity index (χ4n) is 1.48. The molecule has 0 amide bonds. The predicted octanol–water partition coefficient (Wildman–Crippen LogP) is 4.14. The molecule has 90 valence electrons. The fraction of sp³-hybridized carbons (Fsp3) is 0. The van der Waals surface area contributed by atoms with Gasteiger partial charge >= 0.3 is 0 Å². The summed E-state index contributed by atoms with van der Waals surface area (Å²) >= 11 is 8.27. The first kappa shape index (κ1) is 13.0. The summed E-state index contributed by atoms with van der Waals surface area (Å²) in [7, 11) is 0. The molecule has 18 heavy (non-hydrogen) atoms. The number of anilines is 3. The first-order valence-electron chi connectivity index (χ1n) is 5.12. The molecule has 0 aromatic heterocycles. The zero-order valence-electron chi connectivity index (χ0n) is 9.24. The third-order valence-corrected chi connectivity index (χ3v) is 3.38. The van der Waals surface area contributed by atoms with Crippen LogP contribution in [0, 0.1) is 14.9 Å². The van der Waals surface area contributed by atoms with E-state index in [1.165, 1.54) is 0 Å². The van der Waals surface area contributed by atoms with Gasteiger partial charge in [-0.05, 0) is 59.0 Å². The molecule has 0 saturated heterocycles. The molecule has 3 N–H and O–H groups in total. The molecule has 5 heteroatoms. The Morgan fingerprint density at radius 2 is 1.94 bits per heavy atom. The van der Waals surface area contributed by atoms with Crippen LogP contribution >= 0.6 is 34.2 Å². The molecule has 2 rings (SSSR count). The van der Waals surface area contributed by atoms with Crippen LogP contribution in [0.2, 0.25) is 5.02 Å². The molecule has 2 aromatic carbocycles. The Morgan fingerprint density at radius 1 is 1.17 bits per heavy atom. The van der Waals surface area contributed by atoms with Crippen molar-refractivity contribution >= 4 is 51.3 Å². The lowest BCUT2D eigenvalue weighted by Gasteiger charge is -2.11. The number of nitriles is 1. The molecule has 0 radical (unpaired) electrons. The molecule has 0 unspecified atom stereocenters. The van der Waals surface area contributed by atoms with Gasteiger partial charge in [0.25, 0.3) is 0 Å². The second-order valence-corrected chi connectivity index (χ2v) is 5.32. The lowest BCUT2D eigenvalue weighted by molar-refractivity contribution is 1.47. The number of nitrogens with zero attached hydrogens (tertiary/aromatic N) is 1. The van der Waals surface area contributed by atoms with E-state index in [0.717, 1.165) is 9.26 Å². The summed E-state index contributed by atoms with van der Waals surface area (Å²) in [5.41, 5.74) is 8.54. The van der Waals surface area contributed by atoms with E-state index in [9.17, 15) is 0 Å². The van der Waals surface area contributed by atoms with E-state index >= 15 is 0 Å². The maximum atomic E-state index is 8.86. The fourth-order valence-corrected chi connectivity index (χ4v) is 2.16. The van der Waals surface area contributed by atoms with E-state index in [4.69, 9.17) is 22.6 Å². The summed E-state index contributed by atoms with van der Waals surface area (Å²) in [5, 5.41) is 12.5. The monoisotopic (exact) mass is 369 g/mol. The van der Waals surface area contributed by atoms with Crippen molar-refractivity contribution in [3.63, 3.8) is 0 Å². The number of nitrogens with two attached hydrogens (primary N) is 1. The van der Waals surface area contributed by atoms with E-state index in [0.29, 0.717) is 22.0 Å². The molecule has 2 aromatic rings. The second kappa shape index (κ2) is 5.46. The van der Waals surface area contributed by atoms with Crippen LogP contribution in [0.1, 0.15) is 5.56 Å². The highest BCUT2D eigenvalue weighted by molar-refractivity contribution is 14.1. The smallest absolute Gasteiger partial charge is 0.0992 e. The number of hydrogen-bond acceptors (Lipinski definition) is 3. The van der Waals surface area contributed by atoms with E-state index in [-0.39, 0.29) is 0 Å². The summed E-state index contributed by atoms with van der Waals surface area (Å²) in [5.74, 6) is 0. The Kier molecular flexibility index (Phi) is 3.94. The highest BCUT2D eigenvalue weighted by Gasteiger charge is 2.05. The van der Waals surface area contributed by atoms with Gasteiger partial charge in [0.2, 0.25) is 0 Å². The summed E-state index contributed by atoms with van der Waals surface area (Å²) in [6.45, 7) is 0. The van der Waals surface area contributed by atoms with Gasteiger partial charge in [-0.2, -0.15) is 5.26 Å². The molecule has 3 nitrogen and oxygen atoms in total. The van der Waals surface area contributed by atoms with Crippen LogP contribution in [-0.2, 0) is 0 Å². The number of nitrogen functional groups attached to an aromatic ring is 1. The zero-order chi connectivity index (χ0) is 13.1. The summed E-state index contributed by atoms with van der Waals surface area (Å²) in [6.07, 6.45) is 0. The Labute approximate surface area is 124 Å². The van der Waals surface area contributed by atoms with Crippen molar-refractivity contribution in [1.29, 1.82) is 5.26 Å². The summed E-state index contributed by atoms with van der Waals surface area (Å²) < 4.78 is 1.06. The van der Waals surface area contributed by atoms with E-state index in [1.807, 2.05) is 18.2 Å². The minimum absolute atomic E-state index is 0.547. The largest absolute Gasteiger partial charge is 0.397 e. The summed E-state index contributed by atoms with van der Waals surface area (Å²) in [4.78, 5) is 0. The van der Waals surface area contributed by atoms with Crippen LogP contribution in [0.5, 0.6) is 0 Å². The lowest BCUT2D eigenvalue weighted by atomic mass is 10.2. The van der Waals surface area contributed by atoms with Crippen LogP contribution < -0.4 is 11.1 Å². The Morgan fingerprint density at radius 3 is 2.61 bits per heavy atom. The molecular weight excluding hydrogens is 361 g/mol. The minimum atomic E-state index is 0.547. The second-order valence-electron chi connectivity index (χ2n) is 3.66. The lowest BCUT2D eigenvalue weighted by Crippen LogP contribution is -1.97. The molecule has 0 aliphatic carbocycles. The van der Waals surface area contributed by atoms with Crippen molar-refractivity contribution < 1.29 is 0 Å². The van der Waals surface area contributed by atoms with Crippen LogP contribution in [0.15, 0.2) is 36.4 Å². The van der Waals surface area contributed by atoms with Crippen molar-refractivity contribution in [2.45, 2.75) is 0 Å². The van der Waals surface area contributed by atoms with Gasteiger partial charge in [0.05, 0.1) is 33.7 Å². The first-order valence-corrected chi connectivity index (χ1v) is 6.57. The molecule has 0 aliphatic heterocycles. The highest BCUT2D eigenvalue weighted by atomic mass is 127. The van der Waals surface area contributed by atoms with E-state index in [2.05, 4.69) is 34.0 Å². The molecule has 0 spiro atoms. The summed E-state index contributed by atoms with van der Waals surface area (Å²) in [6, 6.07) is 12.8. The highest BCUT2D eigenvalue weighted by Crippen LogP contribution is 2.29. The predicted molar refractivity (Wildman–Crippen MR) is 83.0 cm³/mol. The molecule has 0 atom stereocenters. The Bertz CT molecular complexity index is 635. The van der Waals surface area contributed by atoms with Gasteiger partial charge in [-0.1, -0.05) is 11.6 Å². The first-order chi connectivity index (χ1) is 8.60. The average Bonchev–Trinajstić information content (AvgIpc) is 2.35. The van der Waals surface area contributed by atoms with Crippen molar-refractivity contribution in [3.8, 4) is 6.07 Å². The van der Waals surface area contributed by atoms with Gasteiger partial charge in [0, 0.05) is 3.57 Å². The van der Waals surface area contributed by atoms with E-state index in [1.54, 1.807) is 18.2 Å². The number of nitrogens with one attached hydrogen (secondary N) is 1. The third kappa shape index (κ3) is 2.86. The number of halogens is 2. The maximum absolute atomic E-state index is 8.86. The minimum Gasteiger partial charge on any atom is -0.397 e. The number of rotatable bonds is 2. The van der Waals surface area contributed by atoms with E-state index < -0.39 is 0 Å². The third-order valence-electron chi connectivity index (χ3n) is 2.38. The molecule has 0 heterocycles. The standard InChI is InChI=1S/C13H9ClIN3/c14-10-3-1-8(7-16)5-13(10)18-12-4-2-9(15)6-11(12)17/h1-6,18H,17H2. The SMILES string of the molecule is N#Cc1ccc(Cl)c(Nc2ccc(I)cc2N)c1.